The van der Waals surface area contributed by atoms with E-state index in [9.17, 15) is 0 Å². The van der Waals surface area contributed by atoms with Gasteiger partial charge in [0.1, 0.15) is 6.61 Å². The van der Waals surface area contributed by atoms with Gasteiger partial charge in [-0.05, 0) is 36.2 Å². The van der Waals surface area contributed by atoms with Crippen LogP contribution in [0.4, 0.5) is 0 Å². The van der Waals surface area contributed by atoms with Gasteiger partial charge >= 0.3 is 0 Å². The molecule has 0 radical (unpaired) electrons. The summed E-state index contributed by atoms with van der Waals surface area (Å²) in [5, 5.41) is 4.04. The molecule has 29 heavy (non-hydrogen) atoms. The van der Waals surface area contributed by atoms with E-state index in [1.165, 1.54) is 5.56 Å². The Morgan fingerprint density at radius 2 is 1.79 bits per heavy atom. The molecule has 0 amide bonds. The second kappa shape index (κ2) is 12.6. The highest BCUT2D eigenvalue weighted by Gasteiger charge is 2.13. The van der Waals surface area contributed by atoms with Crippen LogP contribution in [0.5, 0.6) is 11.5 Å². The molecule has 0 bridgehead atoms. The molecule has 4 nitrogen and oxygen atoms in total. The molecular weight excluding hydrogens is 431 g/mol. The lowest BCUT2D eigenvalue weighted by atomic mass is 10.1. The number of ether oxygens (including phenoxy) is 2. The Kier molecular flexibility index (Phi) is 10.8. The summed E-state index contributed by atoms with van der Waals surface area (Å²) in [6, 6.07) is 18.3. The summed E-state index contributed by atoms with van der Waals surface area (Å²) in [5.74, 6) is 1.17. The molecule has 0 aliphatic rings. The summed E-state index contributed by atoms with van der Waals surface area (Å²) in [4.78, 5) is 4.09. The van der Waals surface area contributed by atoms with Crippen LogP contribution in [0.1, 0.15) is 29.7 Å². The maximum atomic E-state index is 6.46. The zero-order chi connectivity index (χ0) is 19.1. The Morgan fingerprint density at radius 3 is 2.45 bits per heavy atom. The van der Waals surface area contributed by atoms with E-state index in [-0.39, 0.29) is 30.9 Å². The van der Waals surface area contributed by atoms with Gasteiger partial charge in [0.2, 0.25) is 0 Å². The minimum Gasteiger partial charge on any atom is -0.493 e. The topological polar surface area (TPSA) is 43.4 Å². The fourth-order valence-electron chi connectivity index (χ4n) is 2.78. The van der Waals surface area contributed by atoms with E-state index in [2.05, 4.69) is 29.4 Å². The maximum absolute atomic E-state index is 6.46. The number of rotatable bonds is 8. The van der Waals surface area contributed by atoms with Crippen LogP contribution in [-0.4, -0.2) is 12.1 Å². The lowest BCUT2D eigenvalue weighted by Gasteiger charge is -2.17. The van der Waals surface area contributed by atoms with Gasteiger partial charge in [-0.1, -0.05) is 48.0 Å². The quantitative estimate of drug-likeness (QED) is 0.451. The number of benzene rings is 2. The summed E-state index contributed by atoms with van der Waals surface area (Å²) in [7, 11) is 1.62. The first-order valence-corrected chi connectivity index (χ1v) is 9.21. The average Bonchev–Trinajstić information content (AvgIpc) is 2.72. The molecule has 3 aromatic rings. The zero-order valence-electron chi connectivity index (χ0n) is 16.3. The van der Waals surface area contributed by atoms with Crippen LogP contribution in [-0.2, 0) is 13.2 Å². The van der Waals surface area contributed by atoms with Gasteiger partial charge < -0.3 is 14.8 Å². The summed E-state index contributed by atoms with van der Waals surface area (Å²) in [6.45, 7) is 3.20. The maximum Gasteiger partial charge on any atom is 0.180 e. The van der Waals surface area contributed by atoms with Crippen molar-refractivity contribution in [3.63, 3.8) is 0 Å². The van der Waals surface area contributed by atoms with E-state index in [1.54, 1.807) is 19.5 Å². The average molecular weight is 456 g/mol. The molecule has 156 valence electrons. The minimum absolute atomic E-state index is 0. The van der Waals surface area contributed by atoms with Crippen LogP contribution in [0.2, 0.25) is 5.02 Å². The number of hydrogen-bond acceptors (Lipinski definition) is 4. The molecule has 0 aliphatic heterocycles. The van der Waals surface area contributed by atoms with Gasteiger partial charge in [0, 0.05) is 30.5 Å². The normalized spacial score (nSPS) is 11.0. The lowest BCUT2D eigenvalue weighted by molar-refractivity contribution is 0.284. The Balaban J connectivity index is 0.00000210. The van der Waals surface area contributed by atoms with Gasteiger partial charge in [0.05, 0.1) is 12.1 Å². The van der Waals surface area contributed by atoms with Crippen LogP contribution in [0.3, 0.4) is 0 Å². The molecule has 0 saturated heterocycles. The zero-order valence-corrected chi connectivity index (χ0v) is 18.7. The molecule has 3 rings (SSSR count). The molecule has 1 unspecified atom stereocenters. The molecule has 0 aliphatic carbocycles. The first kappa shape index (κ1) is 25.1. The van der Waals surface area contributed by atoms with Crippen molar-refractivity contribution in [1.82, 2.24) is 10.3 Å². The van der Waals surface area contributed by atoms with E-state index in [0.29, 0.717) is 29.7 Å². The van der Waals surface area contributed by atoms with E-state index in [1.807, 2.05) is 42.5 Å². The highest BCUT2D eigenvalue weighted by atomic mass is 35.5. The monoisotopic (exact) mass is 454 g/mol. The van der Waals surface area contributed by atoms with Gasteiger partial charge in [-0.2, -0.15) is 0 Å². The van der Waals surface area contributed by atoms with Crippen LogP contribution in [0, 0.1) is 0 Å². The molecule has 1 N–H and O–H groups in total. The molecule has 7 heteroatoms. The van der Waals surface area contributed by atoms with E-state index < -0.39 is 0 Å². The van der Waals surface area contributed by atoms with Gasteiger partial charge in [-0.3, -0.25) is 4.98 Å². The van der Waals surface area contributed by atoms with Crippen LogP contribution >= 0.6 is 36.4 Å². The number of nitrogens with zero attached hydrogens (tertiary/aromatic N) is 1. The predicted molar refractivity (Wildman–Crippen MR) is 123 cm³/mol. The first-order valence-electron chi connectivity index (χ1n) is 8.84. The largest absolute Gasteiger partial charge is 0.493 e. The molecule has 1 aromatic heterocycles. The Labute approximate surface area is 189 Å². The summed E-state index contributed by atoms with van der Waals surface area (Å²) < 4.78 is 11.4. The third kappa shape index (κ3) is 7.09. The van der Waals surface area contributed by atoms with Gasteiger partial charge in [0.15, 0.2) is 11.5 Å². The van der Waals surface area contributed by atoms with Crippen LogP contribution < -0.4 is 14.8 Å². The number of pyridine rings is 1. The Bertz CT molecular complexity index is 865. The number of halogens is 3. The highest BCUT2D eigenvalue weighted by Crippen LogP contribution is 2.37. The fourth-order valence-corrected chi connectivity index (χ4v) is 3.07. The van der Waals surface area contributed by atoms with Gasteiger partial charge in [-0.25, -0.2) is 0 Å². The Morgan fingerprint density at radius 1 is 1.03 bits per heavy atom. The summed E-state index contributed by atoms with van der Waals surface area (Å²) in [6.07, 6.45) is 3.50. The molecular formula is C22H25Cl3N2O2. The molecule has 2 aromatic carbocycles. The number of aromatic nitrogens is 1. The van der Waals surface area contributed by atoms with Crippen molar-refractivity contribution in [2.75, 3.05) is 7.11 Å². The lowest BCUT2D eigenvalue weighted by Crippen LogP contribution is -2.18. The SMILES string of the molecule is COc1cc(CNC(C)c2ccccc2)cc(Cl)c1OCc1cccnc1.Cl.Cl. The second-order valence-corrected chi connectivity index (χ2v) is 6.68. The molecule has 0 fully saturated rings. The number of nitrogens with one attached hydrogen (secondary N) is 1. The standard InChI is InChI=1S/C22H23ClN2O2.2ClH/c1-16(19-8-4-3-5-9-19)25-14-18-11-20(23)22(21(12-18)26-2)27-15-17-7-6-10-24-13-17;;/h3-13,16,25H,14-15H2,1-2H3;2*1H. The molecule has 0 saturated carbocycles. The van der Waals surface area contributed by atoms with E-state index in [4.69, 9.17) is 21.1 Å². The third-order valence-electron chi connectivity index (χ3n) is 4.31. The number of methoxy groups -OCH3 is 1. The smallest absolute Gasteiger partial charge is 0.180 e. The fraction of sp³-hybridized carbons (Fsp3) is 0.227. The van der Waals surface area contributed by atoms with Crippen LogP contribution in [0.15, 0.2) is 67.0 Å². The molecule has 1 heterocycles. The molecule has 1 atom stereocenters. The van der Waals surface area contributed by atoms with E-state index in [0.717, 1.165) is 11.1 Å². The Hall–Kier alpha value is -1.98. The summed E-state index contributed by atoms with van der Waals surface area (Å²) >= 11 is 6.46. The van der Waals surface area contributed by atoms with Crippen molar-refractivity contribution >= 4 is 36.4 Å². The minimum atomic E-state index is 0. The highest BCUT2D eigenvalue weighted by molar-refractivity contribution is 6.32. The molecule has 0 spiro atoms. The van der Waals surface area contributed by atoms with Crippen molar-refractivity contribution in [3.8, 4) is 11.5 Å². The third-order valence-corrected chi connectivity index (χ3v) is 4.59. The van der Waals surface area contributed by atoms with Gasteiger partial charge in [-0.15, -0.1) is 24.8 Å². The summed E-state index contributed by atoms with van der Waals surface area (Å²) in [5.41, 5.74) is 3.25. The van der Waals surface area contributed by atoms with Crippen molar-refractivity contribution in [2.24, 2.45) is 0 Å². The van der Waals surface area contributed by atoms with Crippen LogP contribution in [0.25, 0.3) is 0 Å². The van der Waals surface area contributed by atoms with Gasteiger partial charge in [0.25, 0.3) is 0 Å². The predicted octanol–water partition coefficient (Wildman–Crippen LogP) is 6.02. The van der Waals surface area contributed by atoms with E-state index >= 15 is 0 Å². The van der Waals surface area contributed by atoms with Crippen molar-refractivity contribution in [2.45, 2.75) is 26.1 Å². The first-order chi connectivity index (χ1) is 13.2. The van der Waals surface area contributed by atoms with Crippen molar-refractivity contribution in [1.29, 1.82) is 0 Å². The van der Waals surface area contributed by atoms with Crippen molar-refractivity contribution < 1.29 is 9.47 Å². The second-order valence-electron chi connectivity index (χ2n) is 6.27. The van der Waals surface area contributed by atoms with Crippen molar-refractivity contribution in [3.05, 3.63) is 88.7 Å². The number of hydrogen-bond donors (Lipinski definition) is 1.